The highest BCUT2D eigenvalue weighted by molar-refractivity contribution is 9.28. The fourth-order valence-corrected chi connectivity index (χ4v) is 6.48. The smallest absolute Gasteiger partial charge is 0.0503 e. The average molecular weight is 204 g/mol. The Labute approximate surface area is 70.3 Å². The molecule has 1 rings (SSSR count). The van der Waals surface area contributed by atoms with Crippen molar-refractivity contribution in [1.29, 1.82) is 0 Å². The Kier molecular flexibility index (Phi) is 3.74. The molecular formula is C3H8S5. The summed E-state index contributed by atoms with van der Waals surface area (Å²) >= 11 is 10.5. The standard InChI is InChI=1S/C3H8S5/c4-7-8(5)3-1-2-6-3/h3-5,8H,1-2H2. The number of hydrogen-bond acceptors (Lipinski definition) is 4. The molecule has 0 aliphatic carbocycles. The lowest BCUT2D eigenvalue weighted by Crippen LogP contribution is -2.11. The quantitative estimate of drug-likeness (QED) is 0.467. The molecule has 0 radical (unpaired) electrons. The second-order valence-corrected chi connectivity index (χ2v) is 9.79. The van der Waals surface area contributed by atoms with Gasteiger partial charge in [-0.3, -0.25) is 0 Å². The summed E-state index contributed by atoms with van der Waals surface area (Å²) in [5, 5.41) is 0. The molecule has 0 amide bonds. The van der Waals surface area contributed by atoms with E-state index in [0.717, 1.165) is 4.58 Å². The third-order valence-electron chi connectivity index (χ3n) is 1.01. The van der Waals surface area contributed by atoms with Gasteiger partial charge in [-0.1, -0.05) is 0 Å². The molecule has 0 aromatic rings. The predicted molar refractivity (Wildman–Crippen MR) is 55.4 cm³/mol. The van der Waals surface area contributed by atoms with Gasteiger partial charge in [0.05, 0.1) is 4.58 Å². The fourth-order valence-electron chi connectivity index (χ4n) is 0.450. The third kappa shape index (κ3) is 1.87. The Morgan fingerprint density at radius 1 is 1.75 bits per heavy atom. The summed E-state index contributed by atoms with van der Waals surface area (Å²) in [6.07, 6.45) is 1.35. The van der Waals surface area contributed by atoms with Crippen molar-refractivity contribution in [3.8, 4) is 0 Å². The Balaban J connectivity index is 2.13. The van der Waals surface area contributed by atoms with Crippen molar-refractivity contribution in [2.75, 3.05) is 5.75 Å². The first kappa shape index (κ1) is 7.85. The van der Waals surface area contributed by atoms with E-state index in [4.69, 9.17) is 0 Å². The van der Waals surface area contributed by atoms with Crippen molar-refractivity contribution in [3.05, 3.63) is 0 Å². The minimum absolute atomic E-state index is 0.115. The molecule has 5 heteroatoms. The van der Waals surface area contributed by atoms with Crippen LogP contribution >= 0.6 is 53.9 Å². The first-order chi connectivity index (χ1) is 3.84. The molecule has 0 nitrogen and oxygen atoms in total. The Morgan fingerprint density at radius 2 is 2.38 bits per heavy atom. The summed E-state index contributed by atoms with van der Waals surface area (Å²) in [4.78, 5) is 0. The van der Waals surface area contributed by atoms with Gasteiger partial charge in [0.2, 0.25) is 0 Å². The molecular weight excluding hydrogens is 196 g/mol. The molecule has 0 bridgehead atoms. The molecule has 50 valence electrons. The summed E-state index contributed by atoms with van der Waals surface area (Å²) in [7, 11) is 1.50. The van der Waals surface area contributed by atoms with Gasteiger partial charge in [-0.25, -0.2) is 0 Å². The van der Waals surface area contributed by atoms with Crippen LogP contribution in [0.3, 0.4) is 0 Å². The molecule has 0 saturated carbocycles. The SMILES string of the molecule is SS[SH](S)C1CCS1. The van der Waals surface area contributed by atoms with Crippen molar-refractivity contribution in [2.24, 2.45) is 0 Å². The molecule has 2 atom stereocenters. The van der Waals surface area contributed by atoms with Crippen LogP contribution in [0, 0.1) is 0 Å². The highest BCUT2D eigenvalue weighted by Crippen LogP contribution is 2.59. The summed E-state index contributed by atoms with van der Waals surface area (Å²) in [6, 6.07) is 0. The number of hydrogen-bond donors (Lipinski definition) is 3. The normalized spacial score (nSPS) is 33.8. The van der Waals surface area contributed by atoms with Crippen LogP contribution in [0.15, 0.2) is 0 Å². The average Bonchev–Trinajstić information content (AvgIpc) is 1.62. The van der Waals surface area contributed by atoms with E-state index < -0.39 is 0 Å². The van der Waals surface area contributed by atoms with Crippen LogP contribution in [-0.4, -0.2) is 10.3 Å². The van der Waals surface area contributed by atoms with Gasteiger partial charge in [0.15, 0.2) is 0 Å². The first-order valence-electron chi connectivity index (χ1n) is 2.26. The minimum atomic E-state index is -0.115. The number of rotatable bonds is 2. The van der Waals surface area contributed by atoms with E-state index in [9.17, 15) is 0 Å². The van der Waals surface area contributed by atoms with Crippen molar-refractivity contribution in [2.45, 2.75) is 11.0 Å². The summed E-state index contributed by atoms with van der Waals surface area (Å²) in [5.74, 6) is 1.33. The van der Waals surface area contributed by atoms with Crippen molar-refractivity contribution in [3.63, 3.8) is 0 Å². The number of thioether (sulfide) groups is 1. The molecule has 0 spiro atoms. The fraction of sp³-hybridized carbons (Fsp3) is 1.00. The van der Waals surface area contributed by atoms with Gasteiger partial charge in [-0.15, -0.1) is 44.0 Å². The zero-order chi connectivity index (χ0) is 5.98. The molecule has 1 aliphatic heterocycles. The largest absolute Gasteiger partial charge is 0.148 e. The van der Waals surface area contributed by atoms with E-state index in [2.05, 4.69) is 23.3 Å². The molecule has 0 aromatic heterocycles. The van der Waals surface area contributed by atoms with E-state index in [-0.39, 0.29) is 8.96 Å². The predicted octanol–water partition coefficient (Wildman–Crippen LogP) is 2.79. The maximum Gasteiger partial charge on any atom is 0.0503 e. The molecule has 2 unspecified atom stereocenters. The van der Waals surface area contributed by atoms with Crippen LogP contribution in [0.1, 0.15) is 6.42 Å². The second-order valence-electron chi connectivity index (χ2n) is 1.50. The molecule has 1 fully saturated rings. The molecule has 0 N–H and O–H groups in total. The molecule has 1 saturated heterocycles. The maximum atomic E-state index is 4.39. The minimum Gasteiger partial charge on any atom is -0.148 e. The van der Waals surface area contributed by atoms with Crippen molar-refractivity contribution in [1.82, 2.24) is 0 Å². The van der Waals surface area contributed by atoms with Gasteiger partial charge in [-0.05, 0) is 22.0 Å². The van der Waals surface area contributed by atoms with Crippen LogP contribution in [0.4, 0.5) is 0 Å². The molecule has 8 heavy (non-hydrogen) atoms. The van der Waals surface area contributed by atoms with Crippen LogP contribution in [0.2, 0.25) is 0 Å². The van der Waals surface area contributed by atoms with Crippen LogP contribution in [-0.2, 0) is 0 Å². The van der Waals surface area contributed by atoms with E-state index in [1.807, 2.05) is 11.8 Å². The third-order valence-corrected chi connectivity index (χ3v) is 10.5. The lowest BCUT2D eigenvalue weighted by molar-refractivity contribution is 1.01. The van der Waals surface area contributed by atoms with Crippen LogP contribution in [0.25, 0.3) is 0 Å². The van der Waals surface area contributed by atoms with Gasteiger partial charge in [0, 0.05) is 0 Å². The monoisotopic (exact) mass is 204 g/mol. The highest BCUT2D eigenvalue weighted by atomic mass is 33.7. The first-order valence-corrected chi connectivity index (χ1v) is 8.34. The van der Waals surface area contributed by atoms with Crippen molar-refractivity contribution < 1.29 is 0 Å². The van der Waals surface area contributed by atoms with E-state index in [1.54, 1.807) is 9.83 Å². The molecule has 1 heterocycles. The summed E-state index contributed by atoms with van der Waals surface area (Å²) in [6.45, 7) is 0. The molecule has 0 aromatic carbocycles. The van der Waals surface area contributed by atoms with E-state index in [1.165, 1.54) is 12.2 Å². The van der Waals surface area contributed by atoms with Crippen LogP contribution < -0.4 is 0 Å². The van der Waals surface area contributed by atoms with Gasteiger partial charge in [0.1, 0.15) is 0 Å². The second kappa shape index (κ2) is 3.81. The Bertz CT molecular complexity index is 67.3. The van der Waals surface area contributed by atoms with Gasteiger partial charge >= 0.3 is 0 Å². The lowest BCUT2D eigenvalue weighted by atomic mass is 10.5. The topological polar surface area (TPSA) is 0 Å². The Morgan fingerprint density at radius 3 is 2.50 bits per heavy atom. The van der Waals surface area contributed by atoms with Gasteiger partial charge in [0.25, 0.3) is 0 Å². The van der Waals surface area contributed by atoms with E-state index in [0.29, 0.717) is 0 Å². The lowest BCUT2D eigenvalue weighted by Gasteiger charge is -2.30. The number of thiol groups is 3. The van der Waals surface area contributed by atoms with Crippen LogP contribution in [0.5, 0.6) is 0 Å². The maximum absolute atomic E-state index is 4.39. The summed E-state index contributed by atoms with van der Waals surface area (Å²) in [5.41, 5.74) is 0. The van der Waals surface area contributed by atoms with Crippen molar-refractivity contribution >= 4 is 53.9 Å². The highest BCUT2D eigenvalue weighted by Gasteiger charge is 2.22. The molecule has 1 aliphatic rings. The van der Waals surface area contributed by atoms with E-state index >= 15 is 0 Å². The van der Waals surface area contributed by atoms with Gasteiger partial charge in [-0.2, -0.15) is 0 Å². The zero-order valence-electron chi connectivity index (χ0n) is 4.15. The summed E-state index contributed by atoms with van der Waals surface area (Å²) < 4.78 is 0.829. The zero-order valence-corrected chi connectivity index (χ0v) is 8.47. The van der Waals surface area contributed by atoms with Gasteiger partial charge < -0.3 is 0 Å². The Hall–Kier alpha value is 1.75.